The van der Waals surface area contributed by atoms with Crippen molar-refractivity contribution < 1.29 is 13.9 Å². The molecule has 106 valence electrons. The molecule has 1 atom stereocenters. The average Bonchev–Trinajstić information content (AvgIpc) is 2.89. The van der Waals surface area contributed by atoms with Gasteiger partial charge in [-0.15, -0.1) is 0 Å². The molecular formula is C15H16ClNO3. The number of halogens is 1. The van der Waals surface area contributed by atoms with Crippen molar-refractivity contribution in [2.24, 2.45) is 0 Å². The topological polar surface area (TPSA) is 51.5 Å². The van der Waals surface area contributed by atoms with Crippen LogP contribution in [-0.2, 0) is 4.74 Å². The maximum Gasteiger partial charge on any atom is 0.287 e. The zero-order valence-corrected chi connectivity index (χ0v) is 12.1. The van der Waals surface area contributed by atoms with Crippen molar-refractivity contribution in [1.82, 2.24) is 5.32 Å². The van der Waals surface area contributed by atoms with Gasteiger partial charge in [0.2, 0.25) is 0 Å². The number of amides is 1. The van der Waals surface area contributed by atoms with Crippen LogP contribution in [0.25, 0.3) is 11.3 Å². The van der Waals surface area contributed by atoms with Gasteiger partial charge in [-0.3, -0.25) is 4.79 Å². The maximum absolute atomic E-state index is 11.9. The fraction of sp³-hybridized carbons (Fsp3) is 0.267. The predicted octanol–water partition coefficient (Wildman–Crippen LogP) is 3.36. The van der Waals surface area contributed by atoms with Crippen molar-refractivity contribution in [3.8, 4) is 11.3 Å². The number of methoxy groups -OCH3 is 1. The summed E-state index contributed by atoms with van der Waals surface area (Å²) >= 11 is 5.84. The van der Waals surface area contributed by atoms with Crippen LogP contribution in [-0.4, -0.2) is 25.7 Å². The molecule has 0 aliphatic carbocycles. The molecule has 20 heavy (non-hydrogen) atoms. The van der Waals surface area contributed by atoms with Gasteiger partial charge in [-0.1, -0.05) is 11.6 Å². The van der Waals surface area contributed by atoms with Gasteiger partial charge in [-0.05, 0) is 43.3 Å². The molecule has 0 bridgehead atoms. The van der Waals surface area contributed by atoms with E-state index in [4.69, 9.17) is 20.8 Å². The molecule has 0 fully saturated rings. The Hall–Kier alpha value is -1.78. The van der Waals surface area contributed by atoms with E-state index in [1.54, 1.807) is 31.4 Å². The number of carbonyl (C=O) groups excluding carboxylic acids is 1. The van der Waals surface area contributed by atoms with Crippen LogP contribution in [0.5, 0.6) is 0 Å². The minimum atomic E-state index is -0.255. The third-order valence-electron chi connectivity index (χ3n) is 2.75. The van der Waals surface area contributed by atoms with Gasteiger partial charge in [-0.2, -0.15) is 0 Å². The fourth-order valence-electron chi connectivity index (χ4n) is 1.82. The van der Waals surface area contributed by atoms with Crippen molar-refractivity contribution in [1.29, 1.82) is 0 Å². The largest absolute Gasteiger partial charge is 0.451 e. The molecule has 1 amide bonds. The van der Waals surface area contributed by atoms with Gasteiger partial charge in [-0.25, -0.2) is 0 Å². The summed E-state index contributed by atoms with van der Waals surface area (Å²) in [5.41, 5.74) is 0.874. The SMILES string of the molecule is COCC(C)NC(=O)c1ccc(-c2ccc(Cl)cc2)o1. The molecule has 4 nitrogen and oxygen atoms in total. The first-order chi connectivity index (χ1) is 9.60. The lowest BCUT2D eigenvalue weighted by atomic mass is 10.2. The Morgan fingerprint density at radius 1 is 1.30 bits per heavy atom. The van der Waals surface area contributed by atoms with Crippen LogP contribution in [0.2, 0.25) is 5.02 Å². The van der Waals surface area contributed by atoms with E-state index in [2.05, 4.69) is 5.32 Å². The summed E-state index contributed by atoms with van der Waals surface area (Å²) in [6, 6.07) is 10.6. The first kappa shape index (κ1) is 14.6. The molecule has 1 unspecified atom stereocenters. The number of carbonyl (C=O) groups is 1. The smallest absolute Gasteiger partial charge is 0.287 e. The maximum atomic E-state index is 11.9. The molecule has 5 heteroatoms. The molecule has 0 aliphatic heterocycles. The van der Waals surface area contributed by atoms with Crippen LogP contribution in [0.4, 0.5) is 0 Å². The number of rotatable bonds is 5. The summed E-state index contributed by atoms with van der Waals surface area (Å²) < 4.78 is 10.5. The number of hydrogen-bond acceptors (Lipinski definition) is 3. The van der Waals surface area contributed by atoms with Crippen LogP contribution < -0.4 is 5.32 Å². The minimum absolute atomic E-state index is 0.0726. The van der Waals surface area contributed by atoms with Gasteiger partial charge in [0.05, 0.1) is 6.61 Å². The molecule has 0 spiro atoms. The summed E-state index contributed by atoms with van der Waals surface area (Å²) in [4.78, 5) is 11.9. The summed E-state index contributed by atoms with van der Waals surface area (Å²) in [5.74, 6) is 0.652. The van der Waals surface area contributed by atoms with Crippen LogP contribution in [0.1, 0.15) is 17.5 Å². The van der Waals surface area contributed by atoms with Crippen LogP contribution in [0.3, 0.4) is 0 Å². The van der Waals surface area contributed by atoms with Gasteiger partial charge in [0.1, 0.15) is 5.76 Å². The van der Waals surface area contributed by atoms with Gasteiger partial charge < -0.3 is 14.5 Å². The molecule has 2 aromatic rings. The molecule has 1 N–H and O–H groups in total. The second-order valence-corrected chi connectivity index (χ2v) is 4.94. The lowest BCUT2D eigenvalue weighted by molar-refractivity contribution is 0.0879. The zero-order chi connectivity index (χ0) is 14.5. The van der Waals surface area contributed by atoms with E-state index in [-0.39, 0.29) is 17.7 Å². The van der Waals surface area contributed by atoms with E-state index in [1.165, 1.54) is 0 Å². The highest BCUT2D eigenvalue weighted by Gasteiger charge is 2.14. The van der Waals surface area contributed by atoms with Crippen LogP contribution in [0, 0.1) is 0 Å². The quantitative estimate of drug-likeness (QED) is 0.919. The fourth-order valence-corrected chi connectivity index (χ4v) is 1.94. The van der Waals surface area contributed by atoms with E-state index in [1.807, 2.05) is 19.1 Å². The van der Waals surface area contributed by atoms with Gasteiger partial charge in [0.25, 0.3) is 5.91 Å². The highest BCUT2D eigenvalue weighted by atomic mass is 35.5. The molecule has 1 aromatic heterocycles. The summed E-state index contributed by atoms with van der Waals surface area (Å²) in [6.07, 6.45) is 0. The molecule has 1 aromatic carbocycles. The second-order valence-electron chi connectivity index (χ2n) is 4.50. The van der Waals surface area contributed by atoms with E-state index in [0.717, 1.165) is 5.56 Å². The normalized spacial score (nSPS) is 12.2. The van der Waals surface area contributed by atoms with Crippen molar-refractivity contribution >= 4 is 17.5 Å². The number of benzene rings is 1. The molecule has 0 saturated carbocycles. The highest BCUT2D eigenvalue weighted by molar-refractivity contribution is 6.30. The Morgan fingerprint density at radius 3 is 2.65 bits per heavy atom. The van der Waals surface area contributed by atoms with Crippen LogP contribution in [0.15, 0.2) is 40.8 Å². The Morgan fingerprint density at radius 2 is 2.00 bits per heavy atom. The summed E-state index contributed by atoms with van der Waals surface area (Å²) in [6.45, 7) is 2.32. The summed E-state index contributed by atoms with van der Waals surface area (Å²) in [5, 5.41) is 3.45. The highest BCUT2D eigenvalue weighted by Crippen LogP contribution is 2.23. The van der Waals surface area contributed by atoms with E-state index in [9.17, 15) is 4.79 Å². The lowest BCUT2D eigenvalue weighted by Crippen LogP contribution is -2.35. The van der Waals surface area contributed by atoms with Crippen LogP contribution >= 0.6 is 11.6 Å². The molecule has 2 rings (SSSR count). The second kappa shape index (κ2) is 6.59. The van der Waals surface area contributed by atoms with Crippen molar-refractivity contribution in [2.75, 3.05) is 13.7 Å². The van der Waals surface area contributed by atoms with Gasteiger partial charge in [0, 0.05) is 23.7 Å². The first-order valence-corrected chi connectivity index (χ1v) is 6.63. The van der Waals surface area contributed by atoms with Gasteiger partial charge in [0.15, 0.2) is 5.76 Å². The molecule has 0 radical (unpaired) electrons. The van der Waals surface area contributed by atoms with Crippen molar-refractivity contribution in [3.63, 3.8) is 0 Å². The average molecular weight is 294 g/mol. The first-order valence-electron chi connectivity index (χ1n) is 6.25. The Labute approximate surface area is 122 Å². The third-order valence-corrected chi connectivity index (χ3v) is 3.00. The van der Waals surface area contributed by atoms with Crippen molar-refractivity contribution in [2.45, 2.75) is 13.0 Å². The Balaban J connectivity index is 2.08. The molecule has 0 saturated heterocycles. The van der Waals surface area contributed by atoms with Crippen molar-refractivity contribution in [3.05, 3.63) is 47.2 Å². The number of hydrogen-bond donors (Lipinski definition) is 1. The van der Waals surface area contributed by atoms with E-state index < -0.39 is 0 Å². The monoisotopic (exact) mass is 293 g/mol. The zero-order valence-electron chi connectivity index (χ0n) is 11.4. The van der Waals surface area contributed by atoms with Gasteiger partial charge >= 0.3 is 0 Å². The van der Waals surface area contributed by atoms with E-state index in [0.29, 0.717) is 17.4 Å². The lowest BCUT2D eigenvalue weighted by Gasteiger charge is -2.11. The summed E-state index contributed by atoms with van der Waals surface area (Å²) in [7, 11) is 1.59. The Bertz CT molecular complexity index is 577. The molecule has 1 heterocycles. The number of ether oxygens (including phenoxy) is 1. The minimum Gasteiger partial charge on any atom is -0.451 e. The predicted molar refractivity (Wildman–Crippen MR) is 78.0 cm³/mol. The van der Waals surface area contributed by atoms with E-state index >= 15 is 0 Å². The molecule has 0 aliphatic rings. The number of furan rings is 1. The third kappa shape index (κ3) is 3.62. The Kier molecular flexibility index (Phi) is 4.82. The molecular weight excluding hydrogens is 278 g/mol. The number of nitrogens with one attached hydrogen (secondary N) is 1. The standard InChI is InChI=1S/C15H16ClNO3/c1-10(9-19-2)17-15(18)14-8-7-13(20-14)11-3-5-12(16)6-4-11/h3-8,10H,9H2,1-2H3,(H,17,18).